The van der Waals surface area contributed by atoms with Gasteiger partial charge in [0.05, 0.1) is 6.20 Å². The van der Waals surface area contributed by atoms with Crippen LogP contribution in [0.25, 0.3) is 0 Å². The van der Waals surface area contributed by atoms with Gasteiger partial charge in [-0.1, -0.05) is 27.7 Å². The van der Waals surface area contributed by atoms with Crippen LogP contribution in [0.4, 0.5) is 0 Å². The molecule has 2 N–H and O–H groups in total. The van der Waals surface area contributed by atoms with Crippen LogP contribution in [0.2, 0.25) is 0 Å². The Morgan fingerprint density at radius 3 is 2.57 bits per heavy atom. The highest BCUT2D eigenvalue weighted by Gasteiger charge is 2.30. The molecule has 6 nitrogen and oxygen atoms in total. The second kappa shape index (κ2) is 10.8. The van der Waals surface area contributed by atoms with Gasteiger partial charge in [-0.2, -0.15) is 0 Å². The Balaban J connectivity index is 0.00000392. The van der Waals surface area contributed by atoms with Crippen molar-refractivity contribution in [3.05, 3.63) is 17.8 Å². The molecule has 0 aliphatic carbocycles. The van der Waals surface area contributed by atoms with Crippen molar-refractivity contribution in [2.75, 3.05) is 26.2 Å². The number of halogens is 1. The first-order valence-corrected chi connectivity index (χ1v) is 10.3. The smallest absolute Gasteiger partial charge is 0.216 e. The molecule has 28 heavy (non-hydrogen) atoms. The third kappa shape index (κ3) is 7.54. The molecule has 1 saturated heterocycles. The minimum atomic E-state index is -0.0344. The summed E-state index contributed by atoms with van der Waals surface area (Å²) in [4.78, 5) is 11.6. The van der Waals surface area contributed by atoms with Crippen LogP contribution in [0.5, 0.6) is 0 Å². The first kappa shape index (κ1) is 25.2. The Labute approximate surface area is 188 Å². The lowest BCUT2D eigenvalue weighted by atomic mass is 9.93. The van der Waals surface area contributed by atoms with Crippen LogP contribution in [0.1, 0.15) is 73.0 Å². The molecule has 1 aromatic heterocycles. The van der Waals surface area contributed by atoms with Crippen molar-refractivity contribution >= 4 is 29.9 Å². The van der Waals surface area contributed by atoms with Crippen molar-refractivity contribution in [3.8, 4) is 0 Å². The summed E-state index contributed by atoms with van der Waals surface area (Å²) in [7, 11) is 0. The zero-order valence-electron chi connectivity index (χ0n) is 18.8. The number of guanidine groups is 1. The van der Waals surface area contributed by atoms with Gasteiger partial charge in [-0.3, -0.25) is 4.90 Å². The van der Waals surface area contributed by atoms with E-state index >= 15 is 0 Å². The first-order chi connectivity index (χ1) is 12.6. The lowest BCUT2D eigenvalue weighted by Gasteiger charge is -2.43. The molecule has 7 heteroatoms. The molecule has 2 heterocycles. The SMILES string of the molecule is CCNC(=NCc1ncc(C(C)(C)C)o1)NCC(C)(C)N1CCCC(C)C1.I. The molecular formula is C21H40IN5O. The van der Waals surface area contributed by atoms with Crippen LogP contribution in [0.3, 0.4) is 0 Å². The topological polar surface area (TPSA) is 65.7 Å². The van der Waals surface area contributed by atoms with Crippen LogP contribution in [-0.4, -0.2) is 47.6 Å². The van der Waals surface area contributed by atoms with Crippen molar-refractivity contribution in [1.29, 1.82) is 0 Å². The second-order valence-corrected chi connectivity index (χ2v) is 9.42. The number of aliphatic imine (C=N–C) groups is 1. The van der Waals surface area contributed by atoms with Gasteiger partial charge < -0.3 is 15.1 Å². The summed E-state index contributed by atoms with van der Waals surface area (Å²) in [6.45, 7) is 19.9. The highest BCUT2D eigenvalue weighted by molar-refractivity contribution is 14.0. The highest BCUT2D eigenvalue weighted by atomic mass is 127. The molecule has 162 valence electrons. The number of hydrogen-bond acceptors (Lipinski definition) is 4. The zero-order valence-corrected chi connectivity index (χ0v) is 21.1. The minimum absolute atomic E-state index is 0. The lowest BCUT2D eigenvalue weighted by Crippen LogP contribution is -2.56. The molecule has 0 bridgehead atoms. The number of oxazole rings is 1. The minimum Gasteiger partial charge on any atom is -0.443 e. The van der Waals surface area contributed by atoms with Gasteiger partial charge in [-0.15, -0.1) is 24.0 Å². The van der Waals surface area contributed by atoms with Gasteiger partial charge in [0, 0.05) is 30.6 Å². The van der Waals surface area contributed by atoms with Crippen LogP contribution in [0.15, 0.2) is 15.6 Å². The molecular weight excluding hydrogens is 465 g/mol. The largest absolute Gasteiger partial charge is 0.443 e. The summed E-state index contributed by atoms with van der Waals surface area (Å²) in [5.74, 6) is 3.14. The third-order valence-electron chi connectivity index (χ3n) is 5.21. The Bertz CT molecular complexity index is 621. The van der Waals surface area contributed by atoms with Crippen molar-refractivity contribution in [2.24, 2.45) is 10.9 Å². The average Bonchev–Trinajstić information content (AvgIpc) is 3.07. The van der Waals surface area contributed by atoms with E-state index in [9.17, 15) is 0 Å². The Kier molecular flexibility index (Phi) is 9.73. The molecule has 1 aliphatic heterocycles. The average molecular weight is 505 g/mol. The van der Waals surface area contributed by atoms with Crippen LogP contribution < -0.4 is 10.6 Å². The summed E-state index contributed by atoms with van der Waals surface area (Å²) >= 11 is 0. The lowest BCUT2D eigenvalue weighted by molar-refractivity contribution is 0.0739. The van der Waals surface area contributed by atoms with Gasteiger partial charge in [0.25, 0.3) is 0 Å². The molecule has 1 unspecified atom stereocenters. The highest BCUT2D eigenvalue weighted by Crippen LogP contribution is 2.24. The molecule has 1 aliphatic rings. The van der Waals surface area contributed by atoms with Crippen LogP contribution >= 0.6 is 24.0 Å². The number of rotatable bonds is 6. The fourth-order valence-corrected chi connectivity index (χ4v) is 3.37. The molecule has 2 rings (SSSR count). The van der Waals surface area contributed by atoms with Gasteiger partial charge >= 0.3 is 0 Å². The molecule has 0 aromatic carbocycles. The monoisotopic (exact) mass is 505 g/mol. The zero-order chi connectivity index (χ0) is 20.1. The van der Waals surface area contributed by atoms with Gasteiger partial charge in [0.1, 0.15) is 12.3 Å². The Hall–Kier alpha value is -0.830. The van der Waals surface area contributed by atoms with Crippen molar-refractivity contribution in [1.82, 2.24) is 20.5 Å². The van der Waals surface area contributed by atoms with Gasteiger partial charge in [0.2, 0.25) is 5.89 Å². The maximum Gasteiger partial charge on any atom is 0.216 e. The summed E-state index contributed by atoms with van der Waals surface area (Å²) < 4.78 is 5.85. The first-order valence-electron chi connectivity index (χ1n) is 10.3. The van der Waals surface area contributed by atoms with E-state index < -0.39 is 0 Å². The molecule has 0 amide bonds. The number of aromatic nitrogens is 1. The van der Waals surface area contributed by atoms with Gasteiger partial charge in [-0.05, 0) is 46.1 Å². The number of nitrogens with zero attached hydrogens (tertiary/aromatic N) is 3. The predicted octanol–water partition coefficient (Wildman–Crippen LogP) is 4.16. The Morgan fingerprint density at radius 1 is 1.29 bits per heavy atom. The van der Waals surface area contributed by atoms with E-state index in [1.807, 2.05) is 6.20 Å². The fourth-order valence-electron chi connectivity index (χ4n) is 3.37. The molecule has 1 fully saturated rings. The number of hydrogen-bond donors (Lipinski definition) is 2. The molecule has 0 radical (unpaired) electrons. The molecule has 1 atom stereocenters. The van der Waals surface area contributed by atoms with E-state index in [0.717, 1.165) is 30.7 Å². The normalized spacial score (nSPS) is 19.2. The van der Waals surface area contributed by atoms with E-state index in [1.54, 1.807) is 0 Å². The van der Waals surface area contributed by atoms with Gasteiger partial charge in [0.15, 0.2) is 5.96 Å². The van der Waals surface area contributed by atoms with Crippen molar-refractivity contribution in [3.63, 3.8) is 0 Å². The molecule has 0 spiro atoms. The summed E-state index contributed by atoms with van der Waals surface area (Å²) in [6, 6.07) is 0. The van der Waals surface area contributed by atoms with E-state index in [4.69, 9.17) is 4.42 Å². The van der Waals surface area contributed by atoms with E-state index in [-0.39, 0.29) is 34.9 Å². The van der Waals surface area contributed by atoms with E-state index in [1.165, 1.54) is 25.9 Å². The van der Waals surface area contributed by atoms with Gasteiger partial charge in [-0.25, -0.2) is 9.98 Å². The van der Waals surface area contributed by atoms with Crippen LogP contribution in [0, 0.1) is 5.92 Å². The molecule has 1 aromatic rings. The maximum atomic E-state index is 5.85. The number of nitrogens with one attached hydrogen (secondary N) is 2. The summed E-state index contributed by atoms with van der Waals surface area (Å²) in [5.41, 5.74) is 0.0561. The Morgan fingerprint density at radius 2 is 2.00 bits per heavy atom. The quantitative estimate of drug-likeness (QED) is 0.346. The van der Waals surface area contributed by atoms with Crippen LogP contribution in [-0.2, 0) is 12.0 Å². The second-order valence-electron chi connectivity index (χ2n) is 9.42. The maximum absolute atomic E-state index is 5.85. The van der Waals surface area contributed by atoms with E-state index in [0.29, 0.717) is 12.4 Å². The fraction of sp³-hybridized carbons (Fsp3) is 0.810. The third-order valence-corrected chi connectivity index (χ3v) is 5.21. The number of likely N-dealkylation sites (tertiary alicyclic amines) is 1. The summed E-state index contributed by atoms with van der Waals surface area (Å²) in [6.07, 6.45) is 4.45. The summed E-state index contributed by atoms with van der Waals surface area (Å²) in [5, 5.41) is 6.83. The predicted molar refractivity (Wildman–Crippen MR) is 127 cm³/mol. The van der Waals surface area contributed by atoms with Crippen molar-refractivity contribution < 1.29 is 4.42 Å². The number of piperidine rings is 1. The standard InChI is InChI=1S/C21H39N5O.HI/c1-8-22-19(24-13-18-23-12-17(27-18)20(3,4)5)25-15-21(6,7)26-11-9-10-16(2)14-26;/h12,16H,8-11,13-15H2,1-7H3,(H2,22,24,25);1H. The molecule has 0 saturated carbocycles. The van der Waals surface area contributed by atoms with E-state index in [2.05, 4.69) is 74.0 Å². The van der Waals surface area contributed by atoms with Crippen molar-refractivity contribution in [2.45, 2.75) is 78.8 Å².